The number of rotatable bonds is 3. The molecule has 0 aliphatic carbocycles. The van der Waals surface area contributed by atoms with Crippen LogP contribution in [0.1, 0.15) is 30.3 Å². The molecule has 1 rings (SSSR count). The van der Waals surface area contributed by atoms with Crippen LogP contribution in [0, 0.1) is 12.8 Å². The molecule has 0 saturated heterocycles. The van der Waals surface area contributed by atoms with Crippen LogP contribution in [0.5, 0.6) is 0 Å². The van der Waals surface area contributed by atoms with Gasteiger partial charge in [-0.25, -0.2) is 0 Å². The predicted octanol–water partition coefficient (Wildman–Crippen LogP) is 3.63. The van der Waals surface area contributed by atoms with E-state index in [2.05, 4.69) is 31.5 Å². The SMILES string of the molecule is CNC(c1scc(C)c1Cl)C(C)C. The number of halogens is 1. The molecular formula is C10H16ClNS. The van der Waals surface area contributed by atoms with Gasteiger partial charge in [0, 0.05) is 10.9 Å². The van der Waals surface area contributed by atoms with Crippen LogP contribution < -0.4 is 5.32 Å². The van der Waals surface area contributed by atoms with Gasteiger partial charge in [-0.3, -0.25) is 0 Å². The van der Waals surface area contributed by atoms with Gasteiger partial charge in [-0.2, -0.15) is 0 Å². The second kappa shape index (κ2) is 4.45. The third-order valence-corrected chi connectivity index (χ3v) is 3.98. The van der Waals surface area contributed by atoms with Gasteiger partial charge in [0.15, 0.2) is 0 Å². The van der Waals surface area contributed by atoms with Crippen LogP contribution in [0.25, 0.3) is 0 Å². The van der Waals surface area contributed by atoms with Gasteiger partial charge in [0.05, 0.1) is 5.02 Å². The topological polar surface area (TPSA) is 12.0 Å². The zero-order chi connectivity index (χ0) is 10.0. The molecule has 13 heavy (non-hydrogen) atoms. The highest BCUT2D eigenvalue weighted by Crippen LogP contribution is 2.35. The van der Waals surface area contributed by atoms with E-state index in [1.54, 1.807) is 11.3 Å². The summed E-state index contributed by atoms with van der Waals surface area (Å²) in [6.07, 6.45) is 0. The summed E-state index contributed by atoms with van der Waals surface area (Å²) < 4.78 is 0. The lowest BCUT2D eigenvalue weighted by atomic mass is 10.0. The average Bonchev–Trinajstić information content (AvgIpc) is 2.37. The van der Waals surface area contributed by atoms with Gasteiger partial charge in [0.2, 0.25) is 0 Å². The molecule has 1 N–H and O–H groups in total. The van der Waals surface area contributed by atoms with E-state index in [-0.39, 0.29) is 0 Å². The highest BCUT2D eigenvalue weighted by molar-refractivity contribution is 7.10. The van der Waals surface area contributed by atoms with Gasteiger partial charge in [-0.15, -0.1) is 11.3 Å². The van der Waals surface area contributed by atoms with Crippen LogP contribution in [-0.2, 0) is 0 Å². The molecule has 0 bridgehead atoms. The Morgan fingerprint density at radius 3 is 2.38 bits per heavy atom. The highest BCUT2D eigenvalue weighted by Gasteiger charge is 2.19. The minimum Gasteiger partial charge on any atom is -0.312 e. The van der Waals surface area contributed by atoms with Crippen molar-refractivity contribution in [2.24, 2.45) is 5.92 Å². The maximum Gasteiger partial charge on any atom is 0.0590 e. The second-order valence-electron chi connectivity index (χ2n) is 3.61. The number of aryl methyl sites for hydroxylation is 1. The summed E-state index contributed by atoms with van der Waals surface area (Å²) in [5, 5.41) is 6.34. The number of thiophene rings is 1. The van der Waals surface area contributed by atoms with Crippen molar-refractivity contribution >= 4 is 22.9 Å². The largest absolute Gasteiger partial charge is 0.312 e. The van der Waals surface area contributed by atoms with E-state index < -0.39 is 0 Å². The summed E-state index contributed by atoms with van der Waals surface area (Å²) in [6, 6.07) is 0.381. The Labute approximate surface area is 89.1 Å². The summed E-state index contributed by atoms with van der Waals surface area (Å²) in [4.78, 5) is 1.26. The minimum atomic E-state index is 0.381. The monoisotopic (exact) mass is 217 g/mol. The highest BCUT2D eigenvalue weighted by atomic mass is 35.5. The van der Waals surface area contributed by atoms with Crippen molar-refractivity contribution in [3.63, 3.8) is 0 Å². The van der Waals surface area contributed by atoms with Crippen LogP contribution in [0.4, 0.5) is 0 Å². The van der Waals surface area contributed by atoms with Crippen molar-refractivity contribution in [2.45, 2.75) is 26.8 Å². The molecule has 0 saturated carbocycles. The van der Waals surface area contributed by atoms with Gasteiger partial charge in [0.25, 0.3) is 0 Å². The van der Waals surface area contributed by atoms with Crippen molar-refractivity contribution in [1.29, 1.82) is 0 Å². The fourth-order valence-electron chi connectivity index (χ4n) is 1.43. The Balaban J connectivity index is 2.98. The zero-order valence-corrected chi connectivity index (χ0v) is 10.1. The third kappa shape index (κ3) is 2.25. The van der Waals surface area contributed by atoms with Crippen LogP contribution in [0.15, 0.2) is 5.38 Å². The Bertz CT molecular complexity index is 280. The van der Waals surface area contributed by atoms with Crippen molar-refractivity contribution in [2.75, 3.05) is 7.05 Å². The molecule has 0 amide bonds. The molecule has 0 radical (unpaired) electrons. The molecule has 0 aromatic carbocycles. The summed E-state index contributed by atoms with van der Waals surface area (Å²) in [5.41, 5.74) is 1.18. The van der Waals surface area contributed by atoms with Gasteiger partial charge < -0.3 is 5.32 Å². The molecule has 1 heterocycles. The average molecular weight is 218 g/mol. The predicted molar refractivity (Wildman–Crippen MR) is 60.7 cm³/mol. The Kier molecular flexibility index (Phi) is 3.77. The fourth-order valence-corrected chi connectivity index (χ4v) is 3.02. The molecule has 1 atom stereocenters. The zero-order valence-electron chi connectivity index (χ0n) is 8.52. The molecule has 1 nitrogen and oxygen atoms in total. The fraction of sp³-hybridized carbons (Fsp3) is 0.600. The standard InChI is InChI=1S/C10H16ClNS/c1-6(2)9(12-4)10-8(11)7(3)5-13-10/h5-6,9,12H,1-4H3. The maximum absolute atomic E-state index is 6.20. The van der Waals surface area contributed by atoms with E-state index >= 15 is 0 Å². The number of hydrogen-bond acceptors (Lipinski definition) is 2. The molecule has 0 spiro atoms. The summed E-state index contributed by atoms with van der Waals surface area (Å²) in [5.74, 6) is 0.570. The molecular weight excluding hydrogens is 202 g/mol. The first-order valence-corrected chi connectivity index (χ1v) is 5.74. The van der Waals surface area contributed by atoms with E-state index in [1.807, 2.05) is 7.05 Å². The van der Waals surface area contributed by atoms with Gasteiger partial charge in [0.1, 0.15) is 0 Å². The Morgan fingerprint density at radius 2 is 2.08 bits per heavy atom. The molecule has 0 aliphatic rings. The molecule has 3 heteroatoms. The molecule has 74 valence electrons. The van der Waals surface area contributed by atoms with E-state index in [0.29, 0.717) is 12.0 Å². The van der Waals surface area contributed by atoms with Crippen molar-refractivity contribution in [3.05, 3.63) is 20.8 Å². The molecule has 0 aliphatic heterocycles. The van der Waals surface area contributed by atoms with E-state index in [1.165, 1.54) is 10.4 Å². The van der Waals surface area contributed by atoms with Gasteiger partial charge in [-0.05, 0) is 30.8 Å². The Morgan fingerprint density at radius 1 is 1.46 bits per heavy atom. The van der Waals surface area contributed by atoms with Gasteiger partial charge >= 0.3 is 0 Å². The minimum absolute atomic E-state index is 0.381. The van der Waals surface area contributed by atoms with Crippen molar-refractivity contribution in [1.82, 2.24) is 5.32 Å². The lowest BCUT2D eigenvalue weighted by Gasteiger charge is -2.19. The summed E-state index contributed by atoms with van der Waals surface area (Å²) in [7, 11) is 1.98. The molecule has 1 unspecified atom stereocenters. The lowest BCUT2D eigenvalue weighted by molar-refractivity contribution is 0.449. The van der Waals surface area contributed by atoms with Crippen molar-refractivity contribution in [3.8, 4) is 0 Å². The van der Waals surface area contributed by atoms with E-state index in [4.69, 9.17) is 11.6 Å². The number of nitrogens with one attached hydrogen (secondary N) is 1. The molecule has 1 aromatic heterocycles. The molecule has 1 aromatic rings. The quantitative estimate of drug-likeness (QED) is 0.816. The lowest BCUT2D eigenvalue weighted by Crippen LogP contribution is -2.20. The van der Waals surface area contributed by atoms with Crippen LogP contribution in [-0.4, -0.2) is 7.05 Å². The first-order valence-electron chi connectivity index (χ1n) is 4.48. The Hall–Kier alpha value is -0.0500. The smallest absolute Gasteiger partial charge is 0.0590 e. The summed E-state index contributed by atoms with van der Waals surface area (Å²) >= 11 is 7.94. The van der Waals surface area contributed by atoms with E-state index in [9.17, 15) is 0 Å². The summed E-state index contributed by atoms with van der Waals surface area (Å²) in [6.45, 7) is 6.45. The molecule has 0 fully saturated rings. The van der Waals surface area contributed by atoms with Crippen LogP contribution >= 0.6 is 22.9 Å². The van der Waals surface area contributed by atoms with Crippen LogP contribution in [0.3, 0.4) is 0 Å². The normalized spacial score (nSPS) is 13.7. The van der Waals surface area contributed by atoms with Gasteiger partial charge in [-0.1, -0.05) is 25.4 Å². The van der Waals surface area contributed by atoms with Crippen LogP contribution in [0.2, 0.25) is 5.02 Å². The third-order valence-electron chi connectivity index (χ3n) is 2.19. The first-order chi connectivity index (χ1) is 6.07. The van der Waals surface area contributed by atoms with E-state index in [0.717, 1.165) is 5.02 Å². The first kappa shape index (κ1) is 11.0. The number of hydrogen-bond donors (Lipinski definition) is 1. The van der Waals surface area contributed by atoms with Crippen molar-refractivity contribution < 1.29 is 0 Å². The second-order valence-corrected chi connectivity index (χ2v) is 4.90. The maximum atomic E-state index is 6.20.